The minimum absolute atomic E-state index is 0. The Bertz CT molecular complexity index is 2070. The number of carbonyl (C=O) groups is 1. The molecule has 52 heavy (non-hydrogen) atoms. The van der Waals surface area contributed by atoms with Gasteiger partial charge in [-0.05, 0) is 92.4 Å². The van der Waals surface area contributed by atoms with Crippen LogP contribution >= 0.6 is 11.3 Å². The van der Waals surface area contributed by atoms with Crippen LogP contribution in [0.5, 0.6) is 0 Å². The largest absolute Gasteiger partial charge is 0.512 e. The molecule has 0 bridgehead atoms. The number of aryl methyl sites for hydroxylation is 3. The van der Waals surface area contributed by atoms with Crippen molar-refractivity contribution in [3.05, 3.63) is 87.5 Å². The fraction of sp³-hybridized carbons (Fsp3) is 0.489. The Balaban J connectivity index is 0.000000347. The third-order valence-corrected chi connectivity index (χ3v) is 12.8. The summed E-state index contributed by atoms with van der Waals surface area (Å²) in [6, 6.07) is 19.3. The van der Waals surface area contributed by atoms with Crippen LogP contribution in [0, 0.1) is 43.6 Å². The molecule has 3 nitrogen and oxygen atoms in total. The fourth-order valence-electron chi connectivity index (χ4n) is 6.97. The zero-order valence-corrected chi connectivity index (χ0v) is 37.5. The number of carbonyl (C=O) groups excluding carboxylic acids is 1. The van der Waals surface area contributed by atoms with Crippen molar-refractivity contribution in [2.75, 3.05) is 0 Å². The number of hydrogen-bond acceptors (Lipinski definition) is 4. The van der Waals surface area contributed by atoms with Gasteiger partial charge in [0.05, 0.1) is 5.52 Å². The van der Waals surface area contributed by atoms with Crippen molar-refractivity contribution < 1.29 is 30.0 Å². The number of rotatable bonds is 10. The summed E-state index contributed by atoms with van der Waals surface area (Å²) in [5.74, 6) is 0.909. The number of aliphatic hydroxyl groups excluding tert-OH is 1. The minimum Gasteiger partial charge on any atom is -0.512 e. The zero-order chi connectivity index (χ0) is 38.1. The second kappa shape index (κ2) is 17.1. The van der Waals surface area contributed by atoms with Crippen molar-refractivity contribution in [1.82, 2.24) is 4.98 Å². The first-order valence-corrected chi connectivity index (χ1v) is 19.9. The first kappa shape index (κ1) is 43.6. The summed E-state index contributed by atoms with van der Waals surface area (Å²) in [7, 11) is 0. The van der Waals surface area contributed by atoms with E-state index in [4.69, 9.17) is 4.98 Å². The molecule has 1 radical (unpaired) electrons. The molecule has 0 spiro atoms. The summed E-state index contributed by atoms with van der Waals surface area (Å²) in [5.41, 5.74) is 8.05. The van der Waals surface area contributed by atoms with Crippen LogP contribution in [0.4, 0.5) is 0 Å². The molecule has 2 aromatic heterocycles. The van der Waals surface area contributed by atoms with Gasteiger partial charge in [0.25, 0.3) is 0 Å². The molecule has 3 aromatic carbocycles. The molecule has 5 aromatic rings. The number of nitrogens with zero attached hydrogens (tertiary/aromatic N) is 1. The number of thiophene rings is 1. The number of ketones is 1. The maximum absolute atomic E-state index is 12.2. The Labute approximate surface area is 332 Å². The molecule has 1 N–H and O–H groups in total. The van der Waals surface area contributed by atoms with Crippen molar-refractivity contribution in [2.45, 2.75) is 134 Å². The Morgan fingerprint density at radius 1 is 0.885 bits per heavy atom. The molecule has 0 aliphatic rings. The topological polar surface area (TPSA) is 50.2 Å². The van der Waals surface area contributed by atoms with Crippen molar-refractivity contribution in [3.63, 3.8) is 0 Å². The summed E-state index contributed by atoms with van der Waals surface area (Å²) in [5, 5.41) is 15.3. The molecular formula is C47H62IrNO2S-. The summed E-state index contributed by atoms with van der Waals surface area (Å²) in [4.78, 5) is 19.0. The standard InChI is InChI=1S/C32H34NS.C15H28O2.Ir/c1-18(2)13-27-21(5)29-28-20(4)14-19(3)15-26(28)33-30(31(29)34-27)23-16-22-11-9-10-12-24(22)25(17-23)32(6,7)8;1-7-14(5,8-2)12(16)11-13(17)15(6,9-3)10-4;/h9-12,14-15,17-18H,13H2,1-8H3;11,16H,7-10H2,1-6H3;/q-1;;/b;12-11-;. The number of hydrogen-bond donors (Lipinski definition) is 1. The van der Waals surface area contributed by atoms with Gasteiger partial charge in [0.15, 0.2) is 5.78 Å². The molecule has 0 fully saturated rings. The van der Waals surface area contributed by atoms with Crippen LogP contribution in [-0.2, 0) is 36.7 Å². The molecule has 0 saturated heterocycles. The maximum Gasteiger partial charge on any atom is 0.164 e. The third-order valence-electron chi connectivity index (χ3n) is 11.4. The van der Waals surface area contributed by atoms with Crippen molar-refractivity contribution in [3.8, 4) is 11.3 Å². The van der Waals surface area contributed by atoms with E-state index in [-0.39, 0.29) is 47.9 Å². The van der Waals surface area contributed by atoms with Gasteiger partial charge in [0.1, 0.15) is 5.76 Å². The number of allylic oxidation sites excluding steroid dienone is 2. The number of pyridine rings is 1. The first-order chi connectivity index (χ1) is 23.8. The molecular weight excluding hydrogens is 835 g/mol. The van der Waals surface area contributed by atoms with E-state index in [2.05, 4.69) is 104 Å². The van der Waals surface area contributed by atoms with Gasteiger partial charge in [-0.25, -0.2) is 0 Å². The van der Waals surface area contributed by atoms with Gasteiger partial charge in [0, 0.05) is 57.7 Å². The summed E-state index contributed by atoms with van der Waals surface area (Å²) >= 11 is 1.94. The van der Waals surface area contributed by atoms with Gasteiger partial charge in [-0.3, -0.25) is 9.78 Å². The number of aliphatic hydroxyl groups is 1. The Kier molecular flexibility index (Phi) is 14.3. The number of benzene rings is 3. The summed E-state index contributed by atoms with van der Waals surface area (Å²) < 4.78 is 1.30. The van der Waals surface area contributed by atoms with E-state index < -0.39 is 0 Å². The minimum atomic E-state index is -0.337. The zero-order valence-electron chi connectivity index (χ0n) is 34.3. The average molecular weight is 897 g/mol. The van der Waals surface area contributed by atoms with Crippen molar-refractivity contribution in [1.29, 1.82) is 0 Å². The van der Waals surface area contributed by atoms with E-state index in [1.54, 1.807) is 0 Å². The Morgan fingerprint density at radius 3 is 2.04 bits per heavy atom. The van der Waals surface area contributed by atoms with Crippen LogP contribution in [0.2, 0.25) is 0 Å². The molecule has 0 saturated carbocycles. The normalized spacial score (nSPS) is 12.7. The van der Waals surface area contributed by atoms with E-state index >= 15 is 0 Å². The van der Waals surface area contributed by atoms with Gasteiger partial charge >= 0.3 is 0 Å². The van der Waals surface area contributed by atoms with Crippen molar-refractivity contribution >= 4 is 48.9 Å². The van der Waals surface area contributed by atoms with Gasteiger partial charge in [-0.1, -0.05) is 111 Å². The van der Waals surface area contributed by atoms with Gasteiger partial charge in [-0.2, -0.15) is 0 Å². The molecule has 0 unspecified atom stereocenters. The van der Waals surface area contributed by atoms with Crippen LogP contribution < -0.4 is 0 Å². The van der Waals surface area contributed by atoms with Crippen LogP contribution in [0.1, 0.15) is 129 Å². The number of fused-ring (bicyclic) bond motifs is 4. The van der Waals surface area contributed by atoms with E-state index in [1.165, 1.54) is 54.1 Å². The van der Waals surface area contributed by atoms with Crippen LogP contribution in [0.25, 0.3) is 43.0 Å². The van der Waals surface area contributed by atoms with Gasteiger partial charge in [0.2, 0.25) is 0 Å². The Hall–Kier alpha value is -2.85. The molecule has 0 aliphatic heterocycles. The fourth-order valence-corrected chi connectivity index (χ4v) is 8.50. The predicted molar refractivity (Wildman–Crippen MR) is 223 cm³/mol. The molecule has 5 rings (SSSR count). The number of aromatic nitrogens is 1. The quantitative estimate of drug-likeness (QED) is 0.0863. The van der Waals surface area contributed by atoms with Gasteiger partial charge < -0.3 is 5.11 Å². The smallest absolute Gasteiger partial charge is 0.164 e. The van der Waals surface area contributed by atoms with Crippen LogP contribution in [0.15, 0.2) is 54.3 Å². The molecule has 0 aliphatic carbocycles. The molecule has 2 heterocycles. The van der Waals surface area contributed by atoms with Crippen LogP contribution in [-0.4, -0.2) is 15.9 Å². The second-order valence-corrected chi connectivity index (χ2v) is 17.8. The maximum atomic E-state index is 12.2. The SMILES string of the molecule is CCC(C)(CC)C(=O)/C=C(\O)C(C)(CC)CC.Cc1cc(C)c2c(c1)nc(-c1[c-]c3ccccc3c(C(C)(C)C)c1)c1sc(CC(C)C)c(C)c12.[Ir]. The van der Waals surface area contributed by atoms with Crippen LogP contribution in [0.3, 0.4) is 0 Å². The van der Waals surface area contributed by atoms with E-state index in [0.29, 0.717) is 5.92 Å². The Morgan fingerprint density at radius 2 is 1.48 bits per heavy atom. The van der Waals surface area contributed by atoms with E-state index in [1.807, 2.05) is 52.9 Å². The van der Waals surface area contributed by atoms with E-state index in [0.717, 1.165) is 54.3 Å². The molecule has 0 atom stereocenters. The molecule has 5 heteroatoms. The van der Waals surface area contributed by atoms with Crippen molar-refractivity contribution in [2.24, 2.45) is 16.7 Å². The first-order valence-electron chi connectivity index (χ1n) is 19.1. The molecule has 283 valence electrons. The second-order valence-electron chi connectivity index (χ2n) is 16.7. The predicted octanol–water partition coefficient (Wildman–Crippen LogP) is 14.1. The van der Waals surface area contributed by atoms with Gasteiger partial charge in [-0.15, -0.1) is 40.5 Å². The van der Waals surface area contributed by atoms with E-state index in [9.17, 15) is 9.90 Å². The summed E-state index contributed by atoms with van der Waals surface area (Å²) in [6.45, 7) is 30.3. The average Bonchev–Trinajstić information content (AvgIpc) is 3.40. The summed E-state index contributed by atoms with van der Waals surface area (Å²) in [6.07, 6.45) is 5.86. The monoisotopic (exact) mass is 897 g/mol. The third kappa shape index (κ3) is 8.91. The molecule has 0 amide bonds.